The van der Waals surface area contributed by atoms with Gasteiger partial charge in [-0.3, -0.25) is 0 Å². The van der Waals surface area contributed by atoms with Crippen molar-refractivity contribution in [2.45, 2.75) is 75.0 Å². The van der Waals surface area contributed by atoms with Gasteiger partial charge < -0.3 is 19.9 Å². The van der Waals surface area contributed by atoms with Crippen LogP contribution in [0.3, 0.4) is 0 Å². The fourth-order valence-electron chi connectivity index (χ4n) is 5.89. The van der Waals surface area contributed by atoms with Crippen LogP contribution in [0.5, 0.6) is 0 Å². The predicted octanol–water partition coefficient (Wildman–Crippen LogP) is 5.25. The summed E-state index contributed by atoms with van der Waals surface area (Å²) >= 11 is 0. The second-order valence-electron chi connectivity index (χ2n) is 9.62. The van der Waals surface area contributed by atoms with Crippen LogP contribution >= 0.6 is 0 Å². The van der Waals surface area contributed by atoms with E-state index in [2.05, 4.69) is 29.6 Å². The van der Waals surface area contributed by atoms with Crippen molar-refractivity contribution in [3.05, 3.63) is 59.7 Å². The highest BCUT2D eigenvalue weighted by Crippen LogP contribution is 2.45. The Labute approximate surface area is 194 Å². The molecule has 1 heterocycles. The molecule has 2 aromatic rings. The van der Waals surface area contributed by atoms with Crippen LogP contribution in [0.15, 0.2) is 48.5 Å². The summed E-state index contributed by atoms with van der Waals surface area (Å²) in [7, 11) is 0. The Morgan fingerprint density at radius 3 is 2.27 bits per heavy atom. The predicted molar refractivity (Wildman–Crippen MR) is 124 cm³/mol. The van der Waals surface area contributed by atoms with E-state index >= 15 is 0 Å². The molecule has 6 heteroatoms. The minimum atomic E-state index is -1.06. The van der Waals surface area contributed by atoms with E-state index in [1.807, 2.05) is 24.3 Å². The number of carbonyl (C=O) groups is 2. The summed E-state index contributed by atoms with van der Waals surface area (Å²) in [5.41, 5.74) is 4.48. The van der Waals surface area contributed by atoms with E-state index in [0.29, 0.717) is 0 Å². The molecule has 1 aliphatic heterocycles. The molecule has 3 aliphatic rings. The Balaban J connectivity index is 1.19. The van der Waals surface area contributed by atoms with Gasteiger partial charge in [0.15, 0.2) is 0 Å². The van der Waals surface area contributed by atoms with Crippen molar-refractivity contribution in [3.8, 4) is 11.1 Å². The van der Waals surface area contributed by atoms with Gasteiger partial charge in [-0.1, -0.05) is 67.8 Å². The number of carbonyl (C=O) groups excluding carboxylic acids is 1. The summed E-state index contributed by atoms with van der Waals surface area (Å²) in [5, 5.41) is 12.3. The second kappa shape index (κ2) is 9.18. The van der Waals surface area contributed by atoms with E-state index in [-0.39, 0.29) is 30.7 Å². The van der Waals surface area contributed by atoms with Gasteiger partial charge in [-0.2, -0.15) is 0 Å². The summed E-state index contributed by atoms with van der Waals surface area (Å²) in [6.07, 6.45) is 6.96. The summed E-state index contributed by atoms with van der Waals surface area (Å²) < 4.78 is 11.9. The molecule has 1 spiro atoms. The molecule has 1 saturated carbocycles. The quantitative estimate of drug-likeness (QED) is 0.629. The monoisotopic (exact) mass is 449 g/mol. The largest absolute Gasteiger partial charge is 0.480 e. The van der Waals surface area contributed by atoms with Crippen LogP contribution in [0.1, 0.15) is 68.4 Å². The molecule has 174 valence electrons. The van der Waals surface area contributed by atoms with E-state index in [4.69, 9.17) is 9.47 Å². The number of hydrogen-bond donors (Lipinski definition) is 2. The van der Waals surface area contributed by atoms with E-state index in [1.54, 1.807) is 0 Å². The third kappa shape index (κ3) is 4.49. The summed E-state index contributed by atoms with van der Waals surface area (Å²) in [4.78, 5) is 24.4. The number of nitrogens with one attached hydrogen (secondary N) is 1. The molecular formula is C27H31NO5. The SMILES string of the molecule is O=C(NC(CC1CCC2(CCCCC2)O1)C(=O)O)OCC1c2ccccc2-c2ccccc21. The molecule has 0 radical (unpaired) electrons. The van der Waals surface area contributed by atoms with Gasteiger partial charge in [0.05, 0.1) is 11.7 Å². The molecule has 2 fully saturated rings. The van der Waals surface area contributed by atoms with Crippen molar-refractivity contribution in [2.24, 2.45) is 0 Å². The van der Waals surface area contributed by atoms with Crippen LogP contribution in [-0.4, -0.2) is 41.5 Å². The maximum atomic E-state index is 12.6. The van der Waals surface area contributed by atoms with Gasteiger partial charge in [0.25, 0.3) is 0 Å². The van der Waals surface area contributed by atoms with Gasteiger partial charge >= 0.3 is 12.1 Å². The number of alkyl carbamates (subject to hydrolysis) is 1. The molecule has 2 atom stereocenters. The van der Waals surface area contributed by atoms with Gasteiger partial charge in [-0.05, 0) is 47.9 Å². The van der Waals surface area contributed by atoms with Crippen molar-refractivity contribution in [1.82, 2.24) is 5.32 Å². The molecule has 33 heavy (non-hydrogen) atoms. The van der Waals surface area contributed by atoms with Crippen molar-refractivity contribution in [3.63, 3.8) is 0 Å². The lowest BCUT2D eigenvalue weighted by Crippen LogP contribution is -2.44. The first-order chi connectivity index (χ1) is 16.0. The molecule has 2 aliphatic carbocycles. The molecule has 2 unspecified atom stereocenters. The molecule has 1 saturated heterocycles. The number of hydrogen-bond acceptors (Lipinski definition) is 4. The molecule has 2 N–H and O–H groups in total. The second-order valence-corrected chi connectivity index (χ2v) is 9.62. The maximum Gasteiger partial charge on any atom is 0.407 e. The number of rotatable bonds is 6. The summed E-state index contributed by atoms with van der Waals surface area (Å²) in [5.74, 6) is -1.12. The molecular weight excluding hydrogens is 418 g/mol. The molecule has 0 aromatic heterocycles. The highest BCUT2D eigenvalue weighted by Gasteiger charge is 2.42. The van der Waals surface area contributed by atoms with Crippen molar-refractivity contribution >= 4 is 12.1 Å². The number of carboxylic acids is 1. The average molecular weight is 450 g/mol. The first-order valence-electron chi connectivity index (χ1n) is 12.1. The third-order valence-electron chi connectivity index (χ3n) is 7.54. The number of ether oxygens (including phenoxy) is 2. The Morgan fingerprint density at radius 2 is 1.64 bits per heavy atom. The molecule has 5 rings (SSSR count). The van der Waals surface area contributed by atoms with E-state index < -0.39 is 18.1 Å². The number of aliphatic carboxylic acids is 1. The Morgan fingerprint density at radius 1 is 1.00 bits per heavy atom. The van der Waals surface area contributed by atoms with Crippen LogP contribution in [0.2, 0.25) is 0 Å². The van der Waals surface area contributed by atoms with Gasteiger partial charge in [0, 0.05) is 12.3 Å². The Hall–Kier alpha value is -2.86. The number of amides is 1. The Bertz CT molecular complexity index is 983. The van der Waals surface area contributed by atoms with Gasteiger partial charge in [-0.15, -0.1) is 0 Å². The fraction of sp³-hybridized carbons (Fsp3) is 0.481. The normalized spacial score (nSPS) is 21.9. The smallest absolute Gasteiger partial charge is 0.407 e. The summed E-state index contributed by atoms with van der Waals surface area (Å²) in [6.45, 7) is 0.162. The average Bonchev–Trinajstić information content (AvgIpc) is 3.36. The van der Waals surface area contributed by atoms with Gasteiger partial charge in [0.1, 0.15) is 12.6 Å². The molecule has 0 bridgehead atoms. The fourth-order valence-corrected chi connectivity index (χ4v) is 5.89. The first-order valence-corrected chi connectivity index (χ1v) is 12.1. The van der Waals surface area contributed by atoms with Crippen molar-refractivity contribution in [2.75, 3.05) is 6.61 Å². The minimum absolute atomic E-state index is 0.0595. The Kier molecular flexibility index (Phi) is 6.11. The lowest BCUT2D eigenvalue weighted by atomic mass is 9.83. The van der Waals surface area contributed by atoms with E-state index in [1.165, 1.54) is 19.3 Å². The summed E-state index contributed by atoms with van der Waals surface area (Å²) in [6, 6.07) is 15.2. The van der Waals surface area contributed by atoms with Crippen LogP contribution in [0.25, 0.3) is 11.1 Å². The maximum absolute atomic E-state index is 12.6. The van der Waals surface area contributed by atoms with Crippen LogP contribution < -0.4 is 5.32 Å². The van der Waals surface area contributed by atoms with Crippen LogP contribution in [0.4, 0.5) is 4.79 Å². The molecule has 1 amide bonds. The topological polar surface area (TPSA) is 84.9 Å². The van der Waals surface area contributed by atoms with Crippen LogP contribution in [0, 0.1) is 0 Å². The zero-order valence-corrected chi connectivity index (χ0v) is 18.8. The highest BCUT2D eigenvalue weighted by atomic mass is 16.5. The first kappa shape index (κ1) is 22.0. The highest BCUT2D eigenvalue weighted by molar-refractivity contribution is 5.81. The zero-order chi connectivity index (χ0) is 22.8. The van der Waals surface area contributed by atoms with E-state index in [9.17, 15) is 14.7 Å². The molecule has 2 aromatic carbocycles. The van der Waals surface area contributed by atoms with E-state index in [0.717, 1.165) is 47.9 Å². The molecule has 6 nitrogen and oxygen atoms in total. The van der Waals surface area contributed by atoms with Crippen molar-refractivity contribution < 1.29 is 24.2 Å². The van der Waals surface area contributed by atoms with Crippen molar-refractivity contribution in [1.29, 1.82) is 0 Å². The van der Waals surface area contributed by atoms with Crippen LogP contribution in [-0.2, 0) is 14.3 Å². The van der Waals surface area contributed by atoms with Gasteiger partial charge in [0.2, 0.25) is 0 Å². The third-order valence-corrected chi connectivity index (χ3v) is 7.54. The standard InChI is InChI=1S/C27H31NO5/c29-25(30)24(16-18-12-15-27(33-18)13-6-1-7-14-27)28-26(31)32-17-23-21-10-4-2-8-19(21)20-9-3-5-11-22(20)23/h2-5,8-11,18,23-24H,1,6-7,12-17H2,(H,28,31)(H,29,30). The zero-order valence-electron chi connectivity index (χ0n) is 18.8. The number of benzene rings is 2. The number of carboxylic acid groups (broad SMARTS) is 1. The lowest BCUT2D eigenvalue weighted by Gasteiger charge is -2.33. The number of fused-ring (bicyclic) bond motifs is 3. The van der Waals surface area contributed by atoms with Gasteiger partial charge in [-0.25, -0.2) is 9.59 Å². The minimum Gasteiger partial charge on any atom is -0.480 e. The lowest BCUT2D eigenvalue weighted by molar-refractivity contribution is -0.141.